The molecule has 6 heteroatoms. The first-order chi connectivity index (χ1) is 11.7. The van der Waals surface area contributed by atoms with Crippen LogP contribution >= 0.6 is 0 Å². The van der Waals surface area contributed by atoms with Crippen molar-refractivity contribution in [3.05, 3.63) is 53.9 Å². The summed E-state index contributed by atoms with van der Waals surface area (Å²) in [5.74, 6) is 1.26. The Morgan fingerprint density at radius 3 is 2.88 bits per heavy atom. The Morgan fingerprint density at radius 2 is 2.08 bits per heavy atom. The van der Waals surface area contributed by atoms with Gasteiger partial charge >= 0.3 is 5.97 Å². The molecule has 0 atom stereocenters. The maximum absolute atomic E-state index is 11.8. The number of nitrogens with zero attached hydrogens (tertiary/aromatic N) is 3. The van der Waals surface area contributed by atoms with Gasteiger partial charge in [0.05, 0.1) is 24.1 Å². The molecule has 0 amide bonds. The molecule has 0 saturated carbocycles. The first kappa shape index (κ1) is 14.4. The number of pyridine rings is 1. The molecule has 1 aliphatic rings. The Labute approximate surface area is 138 Å². The second-order valence-corrected chi connectivity index (χ2v) is 5.42. The predicted molar refractivity (Wildman–Crippen MR) is 87.6 cm³/mol. The number of esters is 1. The summed E-state index contributed by atoms with van der Waals surface area (Å²) < 4.78 is 12.5. The highest BCUT2D eigenvalue weighted by Gasteiger charge is 2.24. The molecule has 0 bridgehead atoms. The van der Waals surface area contributed by atoms with E-state index in [2.05, 4.69) is 17.0 Å². The van der Waals surface area contributed by atoms with Crippen LogP contribution in [0.2, 0.25) is 0 Å². The van der Waals surface area contributed by atoms with E-state index in [0.717, 1.165) is 23.4 Å². The van der Waals surface area contributed by atoms with E-state index in [1.54, 1.807) is 10.7 Å². The molecule has 6 nitrogen and oxygen atoms in total. The molecular formula is C18H15N3O3. The molecule has 1 aromatic carbocycles. The van der Waals surface area contributed by atoms with Gasteiger partial charge in [-0.2, -0.15) is 5.10 Å². The minimum atomic E-state index is -0.457. The number of benzene rings is 1. The maximum Gasteiger partial charge on any atom is 0.339 e. The van der Waals surface area contributed by atoms with Crippen molar-refractivity contribution in [3.8, 4) is 28.6 Å². The lowest BCUT2D eigenvalue weighted by Gasteiger charge is -2.09. The number of rotatable bonds is 2. The van der Waals surface area contributed by atoms with Gasteiger partial charge in [-0.1, -0.05) is 19.1 Å². The number of ether oxygens (including phenoxy) is 2. The zero-order valence-electron chi connectivity index (χ0n) is 13.3. The summed E-state index contributed by atoms with van der Waals surface area (Å²) in [5.41, 5.74) is 3.15. The molecule has 0 unspecified atom stereocenters. The van der Waals surface area contributed by atoms with Crippen LogP contribution in [0.3, 0.4) is 0 Å². The zero-order chi connectivity index (χ0) is 16.7. The van der Waals surface area contributed by atoms with Crippen LogP contribution in [0.4, 0.5) is 0 Å². The second-order valence-electron chi connectivity index (χ2n) is 5.42. The van der Waals surface area contributed by atoms with Crippen molar-refractivity contribution in [3.63, 3.8) is 0 Å². The number of fused-ring (bicyclic) bond motifs is 5. The first-order valence-electron chi connectivity index (χ1n) is 7.66. The zero-order valence-corrected chi connectivity index (χ0v) is 13.3. The molecule has 0 spiro atoms. The first-order valence-corrected chi connectivity index (χ1v) is 7.66. The molecule has 0 aliphatic carbocycles. The predicted octanol–water partition coefficient (Wildman–Crippen LogP) is 3.39. The number of carbonyl (C=O) groups excluding carboxylic acids is 1. The van der Waals surface area contributed by atoms with Crippen LogP contribution < -0.4 is 4.74 Å². The Kier molecular flexibility index (Phi) is 3.30. The van der Waals surface area contributed by atoms with Crippen LogP contribution in [0.25, 0.3) is 17.1 Å². The molecule has 2 aromatic heterocycles. The van der Waals surface area contributed by atoms with E-state index in [0.29, 0.717) is 22.9 Å². The Hall–Kier alpha value is -3.15. The lowest BCUT2D eigenvalue weighted by Crippen LogP contribution is -2.06. The lowest BCUT2D eigenvalue weighted by atomic mass is 10.1. The van der Waals surface area contributed by atoms with E-state index < -0.39 is 5.97 Å². The van der Waals surface area contributed by atoms with Crippen LogP contribution in [-0.4, -0.2) is 27.8 Å². The summed E-state index contributed by atoms with van der Waals surface area (Å²) in [4.78, 5) is 16.2. The van der Waals surface area contributed by atoms with Crippen LogP contribution in [0, 0.1) is 0 Å². The summed E-state index contributed by atoms with van der Waals surface area (Å²) >= 11 is 0. The topological polar surface area (TPSA) is 66.2 Å². The van der Waals surface area contributed by atoms with E-state index in [-0.39, 0.29) is 0 Å². The fourth-order valence-electron chi connectivity index (χ4n) is 2.74. The van der Waals surface area contributed by atoms with Crippen molar-refractivity contribution in [2.45, 2.75) is 13.3 Å². The SMILES string of the molecule is CCc1cc2n(n1)-c1ncc(C(=O)OC)cc1Oc1ccccc1-2. The van der Waals surface area contributed by atoms with E-state index in [1.165, 1.54) is 13.3 Å². The van der Waals surface area contributed by atoms with E-state index in [9.17, 15) is 4.79 Å². The van der Waals surface area contributed by atoms with Gasteiger partial charge in [0.15, 0.2) is 11.6 Å². The lowest BCUT2D eigenvalue weighted by molar-refractivity contribution is 0.0600. The number of hydrogen-bond donors (Lipinski definition) is 0. The highest BCUT2D eigenvalue weighted by Crippen LogP contribution is 2.40. The number of methoxy groups -OCH3 is 1. The summed E-state index contributed by atoms with van der Waals surface area (Å²) in [6.07, 6.45) is 2.29. The number of para-hydroxylation sites is 1. The second kappa shape index (κ2) is 5.49. The number of aromatic nitrogens is 3. The monoisotopic (exact) mass is 321 g/mol. The van der Waals surface area contributed by atoms with Gasteiger partial charge in [0, 0.05) is 17.8 Å². The molecule has 3 aromatic rings. The molecule has 24 heavy (non-hydrogen) atoms. The van der Waals surface area contributed by atoms with Crippen molar-refractivity contribution in [2.24, 2.45) is 0 Å². The maximum atomic E-state index is 11.8. The summed E-state index contributed by atoms with van der Waals surface area (Å²) in [7, 11) is 1.34. The van der Waals surface area contributed by atoms with Crippen LogP contribution in [0.15, 0.2) is 42.6 Å². The average molecular weight is 321 g/mol. The smallest absolute Gasteiger partial charge is 0.339 e. The number of aryl methyl sites for hydroxylation is 1. The summed E-state index contributed by atoms with van der Waals surface area (Å²) in [6, 6.07) is 11.4. The minimum Gasteiger partial charge on any atom is -0.465 e. The van der Waals surface area contributed by atoms with Gasteiger partial charge in [-0.05, 0) is 24.6 Å². The van der Waals surface area contributed by atoms with E-state index >= 15 is 0 Å². The largest absolute Gasteiger partial charge is 0.465 e. The minimum absolute atomic E-state index is 0.333. The third kappa shape index (κ3) is 2.15. The van der Waals surface area contributed by atoms with E-state index in [1.807, 2.05) is 30.3 Å². The van der Waals surface area contributed by atoms with Gasteiger partial charge in [-0.15, -0.1) is 0 Å². The van der Waals surface area contributed by atoms with Crippen molar-refractivity contribution in [1.29, 1.82) is 0 Å². The standard InChI is InChI=1S/C18H15N3O3/c1-3-12-9-14-13-6-4-5-7-15(13)24-16-8-11(18(22)23-2)10-19-17(16)21(14)20-12/h4-10H,3H2,1-2H3. The fraction of sp³-hybridized carbons (Fsp3) is 0.167. The third-order valence-corrected chi connectivity index (χ3v) is 3.96. The summed E-state index contributed by atoms with van der Waals surface area (Å²) in [6.45, 7) is 2.05. The molecular weight excluding hydrogens is 306 g/mol. The molecule has 3 heterocycles. The highest BCUT2D eigenvalue weighted by molar-refractivity contribution is 5.90. The number of hydrogen-bond acceptors (Lipinski definition) is 5. The third-order valence-electron chi connectivity index (χ3n) is 3.96. The van der Waals surface area contributed by atoms with Crippen molar-refractivity contribution < 1.29 is 14.3 Å². The van der Waals surface area contributed by atoms with Crippen molar-refractivity contribution in [2.75, 3.05) is 7.11 Å². The summed E-state index contributed by atoms with van der Waals surface area (Å²) in [5, 5.41) is 4.62. The van der Waals surface area contributed by atoms with Gasteiger partial charge in [-0.3, -0.25) is 0 Å². The Bertz CT molecular complexity index is 946. The van der Waals surface area contributed by atoms with E-state index in [4.69, 9.17) is 9.47 Å². The Balaban J connectivity index is 1.98. The number of carbonyl (C=O) groups is 1. The van der Waals surface area contributed by atoms with Crippen LogP contribution in [0.5, 0.6) is 11.5 Å². The van der Waals surface area contributed by atoms with Gasteiger partial charge in [0.2, 0.25) is 0 Å². The Morgan fingerprint density at radius 1 is 1.25 bits per heavy atom. The molecule has 0 fully saturated rings. The average Bonchev–Trinajstić information content (AvgIpc) is 3.00. The molecule has 0 saturated heterocycles. The normalized spacial score (nSPS) is 11.6. The van der Waals surface area contributed by atoms with Crippen LogP contribution in [-0.2, 0) is 11.2 Å². The molecule has 4 rings (SSSR count). The van der Waals surface area contributed by atoms with Gasteiger partial charge in [0.25, 0.3) is 0 Å². The van der Waals surface area contributed by atoms with Crippen LogP contribution in [0.1, 0.15) is 23.0 Å². The fourth-order valence-corrected chi connectivity index (χ4v) is 2.74. The molecule has 0 N–H and O–H groups in total. The van der Waals surface area contributed by atoms with Crippen molar-refractivity contribution >= 4 is 5.97 Å². The van der Waals surface area contributed by atoms with Gasteiger partial charge < -0.3 is 9.47 Å². The van der Waals surface area contributed by atoms with Gasteiger partial charge in [-0.25, -0.2) is 14.5 Å². The quantitative estimate of drug-likeness (QED) is 0.529. The van der Waals surface area contributed by atoms with Crippen molar-refractivity contribution in [1.82, 2.24) is 14.8 Å². The molecule has 120 valence electrons. The molecule has 0 radical (unpaired) electrons. The molecule has 1 aliphatic heterocycles. The highest BCUT2D eigenvalue weighted by atomic mass is 16.5. The van der Waals surface area contributed by atoms with Gasteiger partial charge in [0.1, 0.15) is 5.75 Å².